The minimum Gasteiger partial charge on any atom is -0.465 e. The van der Waals surface area contributed by atoms with Crippen molar-refractivity contribution in [1.29, 1.82) is 0 Å². The summed E-state index contributed by atoms with van der Waals surface area (Å²) in [4.78, 5) is 11.7. The fraction of sp³-hybridized carbons (Fsp3) is 0.500. The fourth-order valence-electron chi connectivity index (χ4n) is 2.51. The summed E-state index contributed by atoms with van der Waals surface area (Å²) >= 11 is 0. The van der Waals surface area contributed by atoms with E-state index in [0.29, 0.717) is 0 Å². The van der Waals surface area contributed by atoms with Gasteiger partial charge in [-0.2, -0.15) is 0 Å². The van der Waals surface area contributed by atoms with Gasteiger partial charge in [0.1, 0.15) is 5.82 Å². The molecule has 1 aliphatic rings. The van der Waals surface area contributed by atoms with Crippen LogP contribution < -0.4 is 5.73 Å². The Kier molecular flexibility index (Phi) is 4.13. The Hall–Kier alpha value is -1.76. The summed E-state index contributed by atoms with van der Waals surface area (Å²) in [5, 5.41) is 8.67. The molecule has 4 nitrogen and oxygen atoms in total. The van der Waals surface area contributed by atoms with Crippen LogP contribution in [0.1, 0.15) is 30.5 Å². The molecule has 1 aliphatic heterocycles. The summed E-state index contributed by atoms with van der Waals surface area (Å²) in [5.41, 5.74) is 4.93. The van der Waals surface area contributed by atoms with E-state index >= 15 is 0 Å². The molecule has 0 bridgehead atoms. The van der Waals surface area contributed by atoms with Gasteiger partial charge < -0.3 is 15.7 Å². The molecule has 1 heterocycles. The molecule has 21 heavy (non-hydrogen) atoms. The summed E-state index contributed by atoms with van der Waals surface area (Å²) in [7, 11) is 0. The number of likely N-dealkylation sites (tertiary alicyclic amines) is 1. The van der Waals surface area contributed by atoms with Crippen LogP contribution in [0.5, 0.6) is 0 Å². The van der Waals surface area contributed by atoms with Crippen LogP contribution in [0, 0.1) is 11.7 Å². The lowest BCUT2D eigenvalue weighted by Crippen LogP contribution is -2.50. The van der Waals surface area contributed by atoms with Gasteiger partial charge in [-0.3, -0.25) is 0 Å². The number of nitrogens with zero attached hydrogens (tertiary/aromatic N) is 1. The van der Waals surface area contributed by atoms with E-state index in [2.05, 4.69) is 0 Å². The van der Waals surface area contributed by atoms with Crippen LogP contribution in [-0.4, -0.2) is 29.2 Å². The van der Waals surface area contributed by atoms with Crippen LogP contribution in [0.3, 0.4) is 0 Å². The standard InChI is InChI=1S/C14H17F3N2O2/c1-8(18)10-3-2-4-11(12(10)15)14(16,17)5-9-6-19(7-9)13(20)21/h2-4,8-9H,5-7,18H2,1H3,(H,20,21). The minimum atomic E-state index is -3.34. The number of benzene rings is 1. The second-order valence-electron chi connectivity index (χ2n) is 5.46. The average Bonchev–Trinajstić information content (AvgIpc) is 2.32. The smallest absolute Gasteiger partial charge is 0.407 e. The topological polar surface area (TPSA) is 66.6 Å². The van der Waals surface area contributed by atoms with Crippen molar-refractivity contribution >= 4 is 6.09 Å². The molecule has 116 valence electrons. The molecular formula is C14H17F3N2O2. The number of alkyl halides is 2. The molecule has 1 aromatic rings. The number of rotatable bonds is 4. The van der Waals surface area contributed by atoms with Gasteiger partial charge in [-0.05, 0) is 6.92 Å². The van der Waals surface area contributed by atoms with Crippen LogP contribution >= 0.6 is 0 Å². The molecule has 1 fully saturated rings. The number of hydrogen-bond acceptors (Lipinski definition) is 2. The quantitative estimate of drug-likeness (QED) is 0.898. The maximum atomic E-state index is 14.2. The minimum absolute atomic E-state index is 0.0490. The SMILES string of the molecule is CC(N)c1cccc(C(F)(F)CC2CN(C(=O)O)C2)c1F. The highest BCUT2D eigenvalue weighted by Crippen LogP contribution is 2.39. The zero-order valence-corrected chi connectivity index (χ0v) is 11.5. The molecule has 0 radical (unpaired) electrons. The van der Waals surface area contributed by atoms with E-state index < -0.39 is 41.8 Å². The number of carbonyl (C=O) groups is 1. The van der Waals surface area contributed by atoms with E-state index in [1.165, 1.54) is 19.1 Å². The lowest BCUT2D eigenvalue weighted by Gasteiger charge is -2.38. The second-order valence-corrected chi connectivity index (χ2v) is 5.46. The maximum absolute atomic E-state index is 14.2. The van der Waals surface area contributed by atoms with Gasteiger partial charge in [-0.25, -0.2) is 18.0 Å². The van der Waals surface area contributed by atoms with Crippen molar-refractivity contribution in [2.75, 3.05) is 13.1 Å². The Morgan fingerprint density at radius 2 is 2.14 bits per heavy atom. The molecule has 7 heteroatoms. The number of halogens is 3. The van der Waals surface area contributed by atoms with Crippen LogP contribution in [0.25, 0.3) is 0 Å². The van der Waals surface area contributed by atoms with E-state index in [1.807, 2.05) is 0 Å². The normalized spacial score (nSPS) is 17.5. The second kappa shape index (κ2) is 5.55. The van der Waals surface area contributed by atoms with Gasteiger partial charge in [0, 0.05) is 37.0 Å². The molecule has 1 amide bonds. The lowest BCUT2D eigenvalue weighted by molar-refractivity contribution is -0.0553. The summed E-state index contributed by atoms with van der Waals surface area (Å²) in [6, 6.07) is 3.12. The lowest BCUT2D eigenvalue weighted by atomic mass is 9.89. The number of hydrogen-bond donors (Lipinski definition) is 2. The highest BCUT2D eigenvalue weighted by molar-refractivity contribution is 5.66. The van der Waals surface area contributed by atoms with Crippen molar-refractivity contribution in [2.45, 2.75) is 25.3 Å². The van der Waals surface area contributed by atoms with Crippen LogP contribution in [0.4, 0.5) is 18.0 Å². The summed E-state index contributed by atoms with van der Waals surface area (Å²) < 4.78 is 42.6. The Morgan fingerprint density at radius 3 is 2.67 bits per heavy atom. The Balaban J connectivity index is 2.13. The van der Waals surface area contributed by atoms with Gasteiger partial charge in [-0.15, -0.1) is 0 Å². The molecule has 0 aromatic heterocycles. The van der Waals surface area contributed by atoms with Gasteiger partial charge in [0.25, 0.3) is 5.92 Å². The third kappa shape index (κ3) is 3.12. The molecular weight excluding hydrogens is 285 g/mol. The van der Waals surface area contributed by atoms with Crippen molar-refractivity contribution in [1.82, 2.24) is 4.90 Å². The van der Waals surface area contributed by atoms with Crippen LogP contribution in [0.15, 0.2) is 18.2 Å². The van der Waals surface area contributed by atoms with Crippen molar-refractivity contribution < 1.29 is 23.1 Å². The third-order valence-electron chi connectivity index (χ3n) is 3.69. The maximum Gasteiger partial charge on any atom is 0.407 e. The Labute approximate surface area is 120 Å². The van der Waals surface area contributed by atoms with Crippen molar-refractivity contribution in [3.8, 4) is 0 Å². The molecule has 0 saturated carbocycles. The highest BCUT2D eigenvalue weighted by Gasteiger charge is 2.42. The van der Waals surface area contributed by atoms with Gasteiger partial charge in [0.2, 0.25) is 0 Å². The Morgan fingerprint density at radius 1 is 1.52 bits per heavy atom. The molecule has 3 N–H and O–H groups in total. The van der Waals surface area contributed by atoms with E-state index in [-0.39, 0.29) is 18.7 Å². The fourth-order valence-corrected chi connectivity index (χ4v) is 2.51. The third-order valence-corrected chi connectivity index (χ3v) is 3.69. The van der Waals surface area contributed by atoms with Crippen molar-refractivity contribution in [2.24, 2.45) is 11.7 Å². The van der Waals surface area contributed by atoms with E-state index in [9.17, 15) is 18.0 Å². The summed E-state index contributed by atoms with van der Waals surface area (Å²) in [6.07, 6.45) is -1.70. The average molecular weight is 302 g/mol. The first-order chi connectivity index (χ1) is 9.72. The van der Waals surface area contributed by atoms with Crippen molar-refractivity contribution in [3.05, 3.63) is 35.1 Å². The highest BCUT2D eigenvalue weighted by atomic mass is 19.3. The molecule has 0 aliphatic carbocycles. The van der Waals surface area contributed by atoms with Gasteiger partial charge >= 0.3 is 6.09 Å². The first kappa shape index (κ1) is 15.6. The van der Waals surface area contributed by atoms with E-state index in [1.54, 1.807) is 0 Å². The van der Waals surface area contributed by atoms with E-state index in [4.69, 9.17) is 10.8 Å². The zero-order valence-electron chi connectivity index (χ0n) is 11.5. The van der Waals surface area contributed by atoms with Gasteiger partial charge in [-0.1, -0.05) is 18.2 Å². The molecule has 2 rings (SSSR count). The largest absolute Gasteiger partial charge is 0.465 e. The molecule has 1 saturated heterocycles. The Bertz CT molecular complexity index is 543. The number of carboxylic acid groups (broad SMARTS) is 1. The monoisotopic (exact) mass is 302 g/mol. The molecule has 1 unspecified atom stereocenters. The van der Waals surface area contributed by atoms with Gasteiger partial charge in [0.05, 0.1) is 5.56 Å². The van der Waals surface area contributed by atoms with Crippen LogP contribution in [0.2, 0.25) is 0 Å². The first-order valence-corrected chi connectivity index (χ1v) is 6.62. The zero-order chi connectivity index (χ0) is 15.8. The first-order valence-electron chi connectivity index (χ1n) is 6.62. The summed E-state index contributed by atoms with van der Waals surface area (Å²) in [6.45, 7) is 1.63. The molecule has 1 aromatic carbocycles. The predicted molar refractivity (Wildman–Crippen MR) is 70.6 cm³/mol. The summed E-state index contributed by atoms with van der Waals surface area (Å²) in [5.74, 6) is -4.79. The number of amides is 1. The number of nitrogens with two attached hydrogens (primary N) is 1. The van der Waals surface area contributed by atoms with Crippen molar-refractivity contribution in [3.63, 3.8) is 0 Å². The molecule has 1 atom stereocenters. The molecule has 0 spiro atoms. The predicted octanol–water partition coefficient (Wildman–Crippen LogP) is 2.94. The van der Waals surface area contributed by atoms with Crippen LogP contribution in [-0.2, 0) is 5.92 Å². The van der Waals surface area contributed by atoms with Gasteiger partial charge in [0.15, 0.2) is 0 Å². The van der Waals surface area contributed by atoms with E-state index in [0.717, 1.165) is 11.0 Å².